The van der Waals surface area contributed by atoms with Gasteiger partial charge in [0.15, 0.2) is 0 Å². The van der Waals surface area contributed by atoms with Crippen LogP contribution in [0.2, 0.25) is 0 Å². The first-order valence-electron chi connectivity index (χ1n) is 10.7. The Morgan fingerprint density at radius 3 is 2.04 bits per heavy atom. The Balaban J connectivity index is 2.08. The summed E-state index contributed by atoms with van der Waals surface area (Å²) in [5.74, 6) is -0.109. The van der Waals surface area contributed by atoms with Gasteiger partial charge in [-0.1, -0.05) is 90.2 Å². The molecule has 0 aliphatic carbocycles. The summed E-state index contributed by atoms with van der Waals surface area (Å²) in [5, 5.41) is 2.44. The molecule has 2 atom stereocenters. The van der Waals surface area contributed by atoms with E-state index in [1.165, 1.54) is 64.2 Å². The summed E-state index contributed by atoms with van der Waals surface area (Å²) in [6.45, 7) is 4.40. The van der Waals surface area contributed by atoms with Crippen molar-refractivity contribution in [1.29, 1.82) is 0 Å². The third-order valence-corrected chi connectivity index (χ3v) is 5.25. The highest BCUT2D eigenvalue weighted by molar-refractivity contribution is 6.03. The van der Waals surface area contributed by atoms with Crippen molar-refractivity contribution in [2.45, 2.75) is 104 Å². The molecule has 1 aliphatic rings. The number of rotatable bonds is 15. The zero-order chi connectivity index (χ0) is 18.3. The van der Waals surface area contributed by atoms with Crippen molar-refractivity contribution >= 4 is 11.8 Å². The molecule has 2 unspecified atom stereocenters. The maximum Gasteiger partial charge on any atom is 0.230 e. The smallest absolute Gasteiger partial charge is 0.230 e. The average molecular weight is 350 g/mol. The molecular weight excluding hydrogens is 310 g/mol. The second kappa shape index (κ2) is 14.1. The lowest BCUT2D eigenvalue weighted by Gasteiger charge is -2.16. The molecule has 0 spiro atoms. The van der Waals surface area contributed by atoms with E-state index in [0.29, 0.717) is 6.42 Å². The van der Waals surface area contributed by atoms with Crippen LogP contribution in [0.25, 0.3) is 0 Å². The van der Waals surface area contributed by atoms with Gasteiger partial charge in [-0.25, -0.2) is 0 Å². The SMILES string of the molecule is CCCCCCCCCCCC/C=C/C(CCC)C1CC(=O)NC1=O. The van der Waals surface area contributed by atoms with Crippen LogP contribution in [-0.2, 0) is 9.59 Å². The van der Waals surface area contributed by atoms with Gasteiger partial charge in [0.05, 0.1) is 5.92 Å². The predicted molar refractivity (Wildman–Crippen MR) is 105 cm³/mol. The van der Waals surface area contributed by atoms with E-state index in [0.717, 1.165) is 19.3 Å². The topological polar surface area (TPSA) is 46.2 Å². The summed E-state index contributed by atoms with van der Waals surface area (Å²) in [5.41, 5.74) is 0. The summed E-state index contributed by atoms with van der Waals surface area (Å²) in [6, 6.07) is 0. The third-order valence-electron chi connectivity index (χ3n) is 5.25. The number of hydrogen-bond acceptors (Lipinski definition) is 2. The van der Waals surface area contributed by atoms with Gasteiger partial charge >= 0.3 is 0 Å². The highest BCUT2D eigenvalue weighted by Crippen LogP contribution is 2.26. The van der Waals surface area contributed by atoms with E-state index >= 15 is 0 Å². The third kappa shape index (κ3) is 9.81. The Kier molecular flexibility index (Phi) is 12.4. The van der Waals surface area contributed by atoms with Crippen LogP contribution < -0.4 is 5.32 Å². The number of carbonyl (C=O) groups excluding carboxylic acids is 2. The minimum atomic E-state index is -0.142. The molecule has 1 heterocycles. The van der Waals surface area contributed by atoms with Crippen LogP contribution in [0.3, 0.4) is 0 Å². The molecule has 25 heavy (non-hydrogen) atoms. The van der Waals surface area contributed by atoms with Crippen LogP contribution >= 0.6 is 0 Å². The Morgan fingerprint density at radius 1 is 0.920 bits per heavy atom. The van der Waals surface area contributed by atoms with Gasteiger partial charge in [-0.15, -0.1) is 0 Å². The number of hydrogen-bond donors (Lipinski definition) is 1. The number of imide groups is 1. The van der Waals surface area contributed by atoms with Crippen LogP contribution in [-0.4, -0.2) is 11.8 Å². The van der Waals surface area contributed by atoms with E-state index in [1.807, 2.05) is 0 Å². The van der Waals surface area contributed by atoms with Crippen molar-refractivity contribution < 1.29 is 9.59 Å². The minimum Gasteiger partial charge on any atom is -0.296 e. The molecule has 0 bridgehead atoms. The molecule has 0 saturated carbocycles. The highest BCUT2D eigenvalue weighted by atomic mass is 16.2. The Bertz CT molecular complexity index is 403. The first-order valence-corrected chi connectivity index (χ1v) is 10.7. The van der Waals surface area contributed by atoms with Crippen LogP contribution in [0.1, 0.15) is 104 Å². The van der Waals surface area contributed by atoms with Crippen molar-refractivity contribution in [2.24, 2.45) is 11.8 Å². The molecule has 0 aromatic rings. The van der Waals surface area contributed by atoms with Crippen LogP contribution in [0.15, 0.2) is 12.2 Å². The van der Waals surface area contributed by atoms with Crippen LogP contribution in [0.4, 0.5) is 0 Å². The van der Waals surface area contributed by atoms with E-state index in [4.69, 9.17) is 0 Å². The lowest BCUT2D eigenvalue weighted by Crippen LogP contribution is -2.25. The van der Waals surface area contributed by atoms with E-state index < -0.39 is 0 Å². The summed E-state index contributed by atoms with van der Waals surface area (Å²) >= 11 is 0. The van der Waals surface area contributed by atoms with Crippen molar-refractivity contribution in [3.63, 3.8) is 0 Å². The molecule has 0 radical (unpaired) electrons. The minimum absolute atomic E-state index is 0.0768. The van der Waals surface area contributed by atoms with E-state index in [-0.39, 0.29) is 23.7 Å². The fraction of sp³-hybridized carbons (Fsp3) is 0.818. The normalized spacial score (nSPS) is 18.9. The fourth-order valence-corrected chi connectivity index (χ4v) is 3.70. The van der Waals surface area contributed by atoms with Crippen LogP contribution in [0.5, 0.6) is 0 Å². The maximum atomic E-state index is 11.9. The lowest BCUT2D eigenvalue weighted by atomic mass is 9.86. The predicted octanol–water partition coefficient (Wildman–Crippen LogP) is 5.93. The lowest BCUT2D eigenvalue weighted by molar-refractivity contribution is -0.126. The van der Waals surface area contributed by atoms with Gasteiger partial charge in [0, 0.05) is 6.42 Å². The highest BCUT2D eigenvalue weighted by Gasteiger charge is 2.34. The maximum absolute atomic E-state index is 11.9. The fourth-order valence-electron chi connectivity index (χ4n) is 3.70. The average Bonchev–Trinajstić information content (AvgIpc) is 2.93. The molecule has 3 nitrogen and oxygen atoms in total. The first-order chi connectivity index (χ1) is 12.2. The number of carbonyl (C=O) groups is 2. The number of unbranched alkanes of at least 4 members (excludes halogenated alkanes) is 10. The summed E-state index contributed by atoms with van der Waals surface area (Å²) in [6.07, 6.45) is 21.5. The quantitative estimate of drug-likeness (QED) is 0.226. The Hall–Kier alpha value is -1.12. The van der Waals surface area contributed by atoms with Gasteiger partial charge in [0.2, 0.25) is 11.8 Å². The van der Waals surface area contributed by atoms with Gasteiger partial charge in [-0.05, 0) is 25.2 Å². The van der Waals surface area contributed by atoms with Gasteiger partial charge in [0.1, 0.15) is 0 Å². The monoisotopic (exact) mass is 349 g/mol. The first kappa shape index (κ1) is 21.9. The van der Waals surface area contributed by atoms with Gasteiger partial charge in [-0.2, -0.15) is 0 Å². The van der Waals surface area contributed by atoms with Crippen molar-refractivity contribution in [3.8, 4) is 0 Å². The second-order valence-electron chi connectivity index (χ2n) is 7.57. The van der Waals surface area contributed by atoms with E-state index in [1.54, 1.807) is 0 Å². The molecule has 1 fully saturated rings. The molecular formula is C22H39NO2. The van der Waals surface area contributed by atoms with E-state index in [2.05, 4.69) is 31.3 Å². The molecule has 1 saturated heterocycles. The Morgan fingerprint density at radius 2 is 1.52 bits per heavy atom. The van der Waals surface area contributed by atoms with Gasteiger partial charge in [-0.3, -0.25) is 14.9 Å². The Labute approximate surface area is 155 Å². The molecule has 1 rings (SSSR count). The van der Waals surface area contributed by atoms with Gasteiger partial charge < -0.3 is 0 Å². The van der Waals surface area contributed by atoms with Gasteiger partial charge in [0.25, 0.3) is 0 Å². The molecule has 2 amide bonds. The molecule has 144 valence electrons. The van der Waals surface area contributed by atoms with Crippen molar-refractivity contribution in [2.75, 3.05) is 0 Å². The molecule has 0 aromatic carbocycles. The zero-order valence-electron chi connectivity index (χ0n) is 16.5. The summed E-state index contributed by atoms with van der Waals surface area (Å²) in [4.78, 5) is 23.2. The summed E-state index contributed by atoms with van der Waals surface area (Å²) < 4.78 is 0. The number of amides is 2. The molecule has 1 aliphatic heterocycles. The largest absolute Gasteiger partial charge is 0.296 e. The van der Waals surface area contributed by atoms with Crippen molar-refractivity contribution in [3.05, 3.63) is 12.2 Å². The van der Waals surface area contributed by atoms with E-state index in [9.17, 15) is 9.59 Å². The zero-order valence-corrected chi connectivity index (χ0v) is 16.5. The molecule has 0 aromatic heterocycles. The molecule has 1 N–H and O–H groups in total. The van der Waals surface area contributed by atoms with Crippen LogP contribution in [0, 0.1) is 11.8 Å². The number of allylic oxidation sites excluding steroid dienone is 2. The molecule has 3 heteroatoms. The second-order valence-corrected chi connectivity index (χ2v) is 7.57. The number of nitrogens with one attached hydrogen (secondary N) is 1. The summed E-state index contributed by atoms with van der Waals surface area (Å²) in [7, 11) is 0. The standard InChI is InChI=1S/C22H39NO2/c1-3-5-6-7-8-9-10-11-12-13-14-15-17-19(16-4-2)20-18-21(24)23-22(20)25/h15,17,19-20H,3-14,16,18H2,1-2H3,(H,23,24,25)/b17-15+. The van der Waals surface area contributed by atoms with Crippen molar-refractivity contribution in [1.82, 2.24) is 5.32 Å².